The fourth-order valence-electron chi connectivity index (χ4n) is 9.63. The quantitative estimate of drug-likeness (QED) is 0.181. The molecule has 0 fully saturated rings. The van der Waals surface area contributed by atoms with Gasteiger partial charge in [-0.3, -0.25) is 0 Å². The van der Waals surface area contributed by atoms with Crippen LogP contribution in [0.4, 0.5) is 0 Å². The van der Waals surface area contributed by atoms with E-state index in [0.717, 1.165) is 33.8 Å². The van der Waals surface area contributed by atoms with Crippen LogP contribution >= 0.6 is 0 Å². The molecule has 0 aliphatic carbocycles. The highest BCUT2D eigenvalue weighted by Crippen LogP contribution is 2.52. The molecule has 3 aromatic heterocycles. The number of aromatic nitrogens is 4. The van der Waals surface area contributed by atoms with E-state index in [0.29, 0.717) is 5.82 Å². The van der Waals surface area contributed by atoms with Crippen molar-refractivity contribution >= 4 is 54.4 Å². The fourth-order valence-corrected chi connectivity index (χ4v) is 9.63. The minimum atomic E-state index is -0.245. The average molecular weight is 729 g/mol. The van der Waals surface area contributed by atoms with E-state index in [-0.39, 0.29) is 5.41 Å². The highest BCUT2D eigenvalue weighted by Gasteiger charge is 2.37. The van der Waals surface area contributed by atoms with Gasteiger partial charge in [0.1, 0.15) is 0 Å². The Morgan fingerprint density at radius 3 is 1.65 bits per heavy atom. The summed E-state index contributed by atoms with van der Waals surface area (Å²) < 4.78 is 4.97. The van der Waals surface area contributed by atoms with Crippen molar-refractivity contribution in [3.63, 3.8) is 0 Å². The maximum atomic E-state index is 5.11. The summed E-state index contributed by atoms with van der Waals surface area (Å²) in [6.07, 6.45) is 0. The van der Waals surface area contributed by atoms with E-state index in [1.54, 1.807) is 0 Å². The molecule has 4 heterocycles. The third kappa shape index (κ3) is 4.62. The van der Waals surface area contributed by atoms with Crippen molar-refractivity contribution in [2.24, 2.45) is 0 Å². The van der Waals surface area contributed by atoms with Crippen molar-refractivity contribution in [1.82, 2.24) is 19.1 Å². The van der Waals surface area contributed by atoms with Crippen LogP contribution in [0.3, 0.4) is 0 Å². The fraction of sp³-hybridized carbons (Fsp3) is 0.0566. The second kappa shape index (κ2) is 11.8. The van der Waals surface area contributed by atoms with Gasteiger partial charge in [-0.1, -0.05) is 135 Å². The van der Waals surface area contributed by atoms with Gasteiger partial charge in [0.25, 0.3) is 0 Å². The van der Waals surface area contributed by atoms with Crippen LogP contribution < -0.4 is 0 Å². The van der Waals surface area contributed by atoms with Gasteiger partial charge >= 0.3 is 0 Å². The summed E-state index contributed by atoms with van der Waals surface area (Å²) in [7, 11) is 0. The Bertz CT molecular complexity index is 3350. The lowest BCUT2D eigenvalue weighted by atomic mass is 9.72. The van der Waals surface area contributed by atoms with Gasteiger partial charge in [-0.15, -0.1) is 0 Å². The molecule has 0 amide bonds. The normalized spacial score (nSPS) is 13.2. The van der Waals surface area contributed by atoms with Crippen LogP contribution in [0.1, 0.15) is 25.0 Å². The Kier molecular flexibility index (Phi) is 6.65. The van der Waals surface area contributed by atoms with Crippen molar-refractivity contribution in [2.45, 2.75) is 19.3 Å². The molecule has 4 nitrogen and oxygen atoms in total. The number of rotatable bonds is 4. The van der Waals surface area contributed by atoms with E-state index in [4.69, 9.17) is 9.97 Å². The summed E-state index contributed by atoms with van der Waals surface area (Å²) in [5, 5.41) is 7.70. The third-order valence-corrected chi connectivity index (χ3v) is 12.3. The third-order valence-electron chi connectivity index (χ3n) is 12.3. The molecule has 0 unspecified atom stereocenters. The van der Waals surface area contributed by atoms with Crippen LogP contribution in [0.2, 0.25) is 0 Å². The molecule has 1 aliphatic rings. The number of hydrogen-bond donors (Lipinski definition) is 0. The molecule has 0 saturated heterocycles. The van der Waals surface area contributed by atoms with Crippen molar-refractivity contribution in [3.05, 3.63) is 193 Å². The smallest absolute Gasteiger partial charge is 0.160 e. The van der Waals surface area contributed by atoms with Gasteiger partial charge < -0.3 is 9.13 Å². The van der Waals surface area contributed by atoms with E-state index in [1.807, 2.05) is 12.1 Å². The predicted octanol–water partition coefficient (Wildman–Crippen LogP) is 13.5. The first-order valence-corrected chi connectivity index (χ1v) is 19.7. The van der Waals surface area contributed by atoms with Gasteiger partial charge in [0.05, 0.1) is 39.1 Å². The molecule has 0 spiro atoms. The highest BCUT2D eigenvalue weighted by atomic mass is 15.0. The van der Waals surface area contributed by atoms with Crippen LogP contribution in [0.5, 0.6) is 0 Å². The monoisotopic (exact) mass is 728 g/mol. The van der Waals surface area contributed by atoms with E-state index in [9.17, 15) is 0 Å². The SMILES string of the molecule is CC1(C)c2cc3c4ccccc4n(-c4ccc(-c5nc(-c6ccccc6)cc(-c6ccccc6)n5)cc4)c3cc2-n2c3ccccc3c3cc4ccccc4c1c32. The summed E-state index contributed by atoms with van der Waals surface area (Å²) in [4.78, 5) is 10.2. The van der Waals surface area contributed by atoms with E-state index < -0.39 is 0 Å². The first kappa shape index (κ1) is 32.0. The van der Waals surface area contributed by atoms with E-state index in [2.05, 4.69) is 193 Å². The van der Waals surface area contributed by atoms with Gasteiger partial charge in [-0.2, -0.15) is 0 Å². The standard InChI is InChI=1S/C53H36N4/c1-53(2)43-30-41-39-21-11-13-23-46(39)56(48(41)32-49(43)57-47-24-14-12-22-40(47)42-29-36-19-9-10-20-38(36)50(53)51(42)57)37-27-25-35(26-28-37)52-54-44(33-15-5-3-6-16-33)31-45(55-52)34-17-7-4-8-18-34/h3-32H,1-2H3. The van der Waals surface area contributed by atoms with E-state index in [1.165, 1.54) is 71.2 Å². The maximum absolute atomic E-state index is 5.11. The van der Waals surface area contributed by atoms with Gasteiger partial charge in [-0.05, 0) is 82.6 Å². The Balaban J connectivity index is 1.08. The molecule has 57 heavy (non-hydrogen) atoms. The molecule has 0 bridgehead atoms. The molecule has 11 aromatic rings. The molecule has 0 N–H and O–H groups in total. The van der Waals surface area contributed by atoms with Crippen LogP contribution in [0, 0.1) is 0 Å². The Morgan fingerprint density at radius 2 is 0.982 bits per heavy atom. The number of para-hydroxylation sites is 2. The van der Waals surface area contributed by atoms with Gasteiger partial charge in [-0.25, -0.2) is 9.97 Å². The lowest BCUT2D eigenvalue weighted by Gasteiger charge is -2.36. The number of fused-ring (bicyclic) bond motifs is 10. The topological polar surface area (TPSA) is 35.6 Å². The summed E-state index contributed by atoms with van der Waals surface area (Å²) in [5.74, 6) is 0.704. The minimum Gasteiger partial charge on any atom is -0.309 e. The summed E-state index contributed by atoms with van der Waals surface area (Å²) >= 11 is 0. The number of benzene rings is 8. The lowest BCUT2D eigenvalue weighted by molar-refractivity contribution is 0.637. The lowest BCUT2D eigenvalue weighted by Crippen LogP contribution is -2.26. The molecule has 0 radical (unpaired) electrons. The molecule has 0 atom stereocenters. The van der Waals surface area contributed by atoms with E-state index >= 15 is 0 Å². The van der Waals surface area contributed by atoms with Crippen molar-refractivity contribution in [1.29, 1.82) is 0 Å². The van der Waals surface area contributed by atoms with Crippen LogP contribution in [0.15, 0.2) is 182 Å². The largest absolute Gasteiger partial charge is 0.309 e. The molecule has 1 aliphatic heterocycles. The Hall–Kier alpha value is -7.30. The van der Waals surface area contributed by atoms with Gasteiger partial charge in [0.2, 0.25) is 0 Å². The van der Waals surface area contributed by atoms with Crippen LogP contribution in [-0.2, 0) is 5.41 Å². The second-order valence-electron chi connectivity index (χ2n) is 15.8. The maximum Gasteiger partial charge on any atom is 0.160 e. The summed E-state index contributed by atoms with van der Waals surface area (Å²) in [6, 6.07) is 65.5. The summed E-state index contributed by atoms with van der Waals surface area (Å²) in [6.45, 7) is 4.83. The first-order valence-electron chi connectivity index (χ1n) is 19.7. The van der Waals surface area contributed by atoms with Crippen molar-refractivity contribution in [3.8, 4) is 45.3 Å². The zero-order chi connectivity index (χ0) is 37.8. The van der Waals surface area contributed by atoms with Crippen molar-refractivity contribution < 1.29 is 0 Å². The van der Waals surface area contributed by atoms with Gasteiger partial charge in [0.15, 0.2) is 5.82 Å². The second-order valence-corrected chi connectivity index (χ2v) is 15.8. The molecular formula is C53H36N4. The Labute approximate surface area is 329 Å². The minimum absolute atomic E-state index is 0.245. The van der Waals surface area contributed by atoms with Crippen LogP contribution in [-0.4, -0.2) is 19.1 Å². The van der Waals surface area contributed by atoms with Gasteiger partial charge in [0, 0.05) is 49.3 Å². The zero-order valence-corrected chi connectivity index (χ0v) is 31.6. The number of hydrogen-bond acceptors (Lipinski definition) is 2. The molecule has 8 aromatic carbocycles. The molecular weight excluding hydrogens is 693 g/mol. The molecule has 0 saturated carbocycles. The first-order chi connectivity index (χ1) is 28.0. The molecule has 4 heteroatoms. The molecule has 268 valence electrons. The predicted molar refractivity (Wildman–Crippen MR) is 237 cm³/mol. The summed E-state index contributed by atoms with van der Waals surface area (Å²) in [5.41, 5.74) is 14.6. The number of nitrogens with zero attached hydrogens (tertiary/aromatic N) is 4. The highest BCUT2D eigenvalue weighted by molar-refractivity contribution is 6.18. The molecule has 12 rings (SSSR count). The van der Waals surface area contributed by atoms with Crippen molar-refractivity contribution in [2.75, 3.05) is 0 Å². The average Bonchev–Trinajstić information content (AvgIpc) is 3.77. The van der Waals surface area contributed by atoms with Crippen LogP contribution in [0.25, 0.3) is 99.7 Å². The Morgan fingerprint density at radius 1 is 0.421 bits per heavy atom. The zero-order valence-electron chi connectivity index (χ0n) is 31.6.